The maximum absolute atomic E-state index is 12.7. The van der Waals surface area contributed by atoms with Gasteiger partial charge >= 0.3 is 5.97 Å². The van der Waals surface area contributed by atoms with Gasteiger partial charge in [-0.15, -0.1) is 0 Å². The fourth-order valence-corrected chi connectivity index (χ4v) is 4.33. The van der Waals surface area contributed by atoms with Crippen molar-refractivity contribution in [3.05, 3.63) is 23.9 Å². The summed E-state index contributed by atoms with van der Waals surface area (Å²) in [5.74, 6) is 0.740. The lowest BCUT2D eigenvalue weighted by Crippen LogP contribution is -2.56. The largest absolute Gasteiger partial charge is 0.465 e. The molecule has 1 aliphatic carbocycles. The number of nitrogens with zero attached hydrogens (tertiary/aromatic N) is 5. The van der Waals surface area contributed by atoms with Crippen molar-refractivity contribution < 1.29 is 14.3 Å². The van der Waals surface area contributed by atoms with Crippen molar-refractivity contribution >= 4 is 17.7 Å². The first-order valence-corrected chi connectivity index (χ1v) is 10.7. The molecule has 1 amide bonds. The van der Waals surface area contributed by atoms with E-state index < -0.39 is 0 Å². The van der Waals surface area contributed by atoms with E-state index in [1.54, 1.807) is 12.3 Å². The van der Waals surface area contributed by atoms with Gasteiger partial charge in [0.05, 0.1) is 19.2 Å². The molecule has 1 aromatic heterocycles. The van der Waals surface area contributed by atoms with E-state index in [-0.39, 0.29) is 11.9 Å². The zero-order valence-corrected chi connectivity index (χ0v) is 17.3. The molecule has 0 spiro atoms. The van der Waals surface area contributed by atoms with Gasteiger partial charge in [-0.1, -0.05) is 6.42 Å². The lowest BCUT2D eigenvalue weighted by molar-refractivity contribution is -0.134. The number of rotatable bonds is 5. The summed E-state index contributed by atoms with van der Waals surface area (Å²) in [5.41, 5.74) is 0.456. The second-order valence-corrected chi connectivity index (χ2v) is 8.16. The number of pyridine rings is 1. The maximum Gasteiger partial charge on any atom is 0.339 e. The van der Waals surface area contributed by atoms with Crippen molar-refractivity contribution in [1.82, 2.24) is 19.7 Å². The summed E-state index contributed by atoms with van der Waals surface area (Å²) >= 11 is 0. The molecule has 0 N–H and O–H groups in total. The SMILES string of the molecule is COC(=O)c1ccc(N2CCN(CC(=O)N3CCN(C4CCC4)CC3)CC2)nc1. The minimum Gasteiger partial charge on any atom is -0.465 e. The Kier molecular flexibility index (Phi) is 6.30. The molecule has 8 heteroatoms. The van der Waals surface area contributed by atoms with Gasteiger partial charge in [-0.25, -0.2) is 9.78 Å². The number of hydrogen-bond acceptors (Lipinski definition) is 7. The lowest BCUT2D eigenvalue weighted by Gasteiger charge is -2.43. The highest BCUT2D eigenvalue weighted by Gasteiger charge is 2.30. The minimum absolute atomic E-state index is 0.257. The molecule has 2 aliphatic heterocycles. The number of esters is 1. The summed E-state index contributed by atoms with van der Waals surface area (Å²) in [4.78, 5) is 37.6. The molecule has 29 heavy (non-hydrogen) atoms. The standard InChI is InChI=1S/C21H31N5O3/c1-29-21(28)17-5-6-19(22-15-17)25-9-7-23(8-10-25)16-20(27)26-13-11-24(12-14-26)18-3-2-4-18/h5-6,15,18H,2-4,7-14,16H2,1H3. The number of amides is 1. The highest BCUT2D eigenvalue weighted by atomic mass is 16.5. The number of piperazine rings is 2. The number of ether oxygens (including phenoxy) is 1. The first kappa shape index (κ1) is 20.1. The Hall–Kier alpha value is -2.19. The van der Waals surface area contributed by atoms with E-state index in [0.29, 0.717) is 12.1 Å². The number of carbonyl (C=O) groups is 2. The number of hydrogen-bond donors (Lipinski definition) is 0. The number of carbonyl (C=O) groups excluding carboxylic acids is 2. The molecule has 3 heterocycles. The minimum atomic E-state index is -0.374. The second-order valence-electron chi connectivity index (χ2n) is 8.16. The van der Waals surface area contributed by atoms with E-state index in [1.165, 1.54) is 26.4 Å². The van der Waals surface area contributed by atoms with Crippen LogP contribution < -0.4 is 4.90 Å². The Bertz CT molecular complexity index is 706. The zero-order chi connectivity index (χ0) is 20.2. The molecular formula is C21H31N5O3. The second kappa shape index (κ2) is 9.09. The van der Waals surface area contributed by atoms with Gasteiger partial charge in [0.15, 0.2) is 0 Å². The molecule has 3 aliphatic rings. The van der Waals surface area contributed by atoms with Crippen molar-refractivity contribution in [2.24, 2.45) is 0 Å². The van der Waals surface area contributed by atoms with E-state index in [9.17, 15) is 9.59 Å². The van der Waals surface area contributed by atoms with Crippen LogP contribution in [-0.4, -0.2) is 104 Å². The number of anilines is 1. The molecule has 158 valence electrons. The summed E-state index contributed by atoms with van der Waals surface area (Å²) in [7, 11) is 1.37. The Morgan fingerprint density at radius 3 is 2.31 bits per heavy atom. The summed E-state index contributed by atoms with van der Waals surface area (Å²) in [6.07, 6.45) is 5.58. The van der Waals surface area contributed by atoms with Crippen LogP contribution in [0.15, 0.2) is 18.3 Å². The van der Waals surface area contributed by atoms with Crippen molar-refractivity contribution in [1.29, 1.82) is 0 Å². The average Bonchev–Trinajstić information content (AvgIpc) is 2.73. The topological polar surface area (TPSA) is 69.2 Å². The van der Waals surface area contributed by atoms with Gasteiger partial charge in [0.25, 0.3) is 0 Å². The molecule has 8 nitrogen and oxygen atoms in total. The van der Waals surface area contributed by atoms with Crippen LogP contribution in [0.4, 0.5) is 5.82 Å². The Labute approximate surface area is 172 Å². The van der Waals surface area contributed by atoms with E-state index in [4.69, 9.17) is 4.74 Å². The summed E-state index contributed by atoms with van der Waals surface area (Å²) in [6, 6.07) is 4.37. The van der Waals surface area contributed by atoms with E-state index >= 15 is 0 Å². The fourth-order valence-electron chi connectivity index (χ4n) is 4.33. The highest BCUT2D eigenvalue weighted by molar-refractivity contribution is 5.89. The van der Waals surface area contributed by atoms with Crippen LogP contribution in [-0.2, 0) is 9.53 Å². The third-order valence-corrected chi connectivity index (χ3v) is 6.48. The third kappa shape index (κ3) is 4.70. The van der Waals surface area contributed by atoms with Crippen LogP contribution in [0.3, 0.4) is 0 Å². The molecule has 0 aromatic carbocycles. The first-order valence-electron chi connectivity index (χ1n) is 10.7. The van der Waals surface area contributed by atoms with Crippen LogP contribution in [0.2, 0.25) is 0 Å². The van der Waals surface area contributed by atoms with Gasteiger partial charge < -0.3 is 14.5 Å². The molecule has 0 unspecified atom stereocenters. The average molecular weight is 402 g/mol. The van der Waals surface area contributed by atoms with Crippen molar-refractivity contribution in [3.63, 3.8) is 0 Å². The molecule has 3 fully saturated rings. The predicted octanol–water partition coefficient (Wildman–Crippen LogP) is 0.687. The van der Waals surface area contributed by atoms with E-state index in [0.717, 1.165) is 64.2 Å². The van der Waals surface area contributed by atoms with Crippen LogP contribution in [0.1, 0.15) is 29.6 Å². The summed E-state index contributed by atoms with van der Waals surface area (Å²) in [6.45, 7) is 7.63. The third-order valence-electron chi connectivity index (χ3n) is 6.48. The van der Waals surface area contributed by atoms with Gasteiger partial charge in [0.2, 0.25) is 5.91 Å². The van der Waals surface area contributed by atoms with Gasteiger partial charge in [0, 0.05) is 64.6 Å². The molecule has 0 bridgehead atoms. The predicted molar refractivity (Wildman–Crippen MR) is 110 cm³/mol. The van der Waals surface area contributed by atoms with Crippen molar-refractivity contribution in [2.45, 2.75) is 25.3 Å². The van der Waals surface area contributed by atoms with Crippen molar-refractivity contribution in [2.75, 3.05) is 70.9 Å². The smallest absolute Gasteiger partial charge is 0.339 e. The van der Waals surface area contributed by atoms with Crippen LogP contribution in [0.25, 0.3) is 0 Å². The molecule has 0 radical (unpaired) electrons. The molecular weight excluding hydrogens is 370 g/mol. The van der Waals surface area contributed by atoms with Gasteiger partial charge in [-0.3, -0.25) is 14.6 Å². The molecule has 0 atom stereocenters. The van der Waals surface area contributed by atoms with Gasteiger partial charge in [-0.05, 0) is 25.0 Å². The summed E-state index contributed by atoms with van der Waals surface area (Å²) < 4.78 is 4.71. The van der Waals surface area contributed by atoms with Crippen molar-refractivity contribution in [3.8, 4) is 0 Å². The normalized spacial score (nSPS) is 21.7. The molecule has 4 rings (SSSR count). The molecule has 1 saturated carbocycles. The fraction of sp³-hybridized carbons (Fsp3) is 0.667. The van der Waals surface area contributed by atoms with E-state index in [1.807, 2.05) is 11.0 Å². The Morgan fingerprint density at radius 2 is 1.76 bits per heavy atom. The lowest BCUT2D eigenvalue weighted by atomic mass is 9.91. The highest BCUT2D eigenvalue weighted by Crippen LogP contribution is 2.25. The molecule has 1 aromatic rings. The maximum atomic E-state index is 12.7. The van der Waals surface area contributed by atoms with Gasteiger partial charge in [-0.2, -0.15) is 0 Å². The number of methoxy groups -OCH3 is 1. The van der Waals surface area contributed by atoms with Crippen LogP contribution in [0, 0.1) is 0 Å². The quantitative estimate of drug-likeness (QED) is 0.673. The summed E-state index contributed by atoms with van der Waals surface area (Å²) in [5, 5.41) is 0. The Balaban J connectivity index is 1.20. The number of aromatic nitrogens is 1. The zero-order valence-electron chi connectivity index (χ0n) is 17.3. The van der Waals surface area contributed by atoms with E-state index in [2.05, 4.69) is 19.7 Å². The Morgan fingerprint density at radius 1 is 1.03 bits per heavy atom. The van der Waals surface area contributed by atoms with Crippen LogP contribution >= 0.6 is 0 Å². The molecule has 2 saturated heterocycles. The monoisotopic (exact) mass is 401 g/mol. The van der Waals surface area contributed by atoms with Crippen LogP contribution in [0.5, 0.6) is 0 Å². The first-order chi connectivity index (χ1) is 14.1. The van der Waals surface area contributed by atoms with Gasteiger partial charge in [0.1, 0.15) is 5.82 Å².